The number of rotatable bonds is 7. The highest BCUT2D eigenvalue weighted by atomic mass is 16.2. The second-order valence-electron chi connectivity index (χ2n) is 7.02. The van der Waals surface area contributed by atoms with Crippen molar-refractivity contribution in [1.82, 2.24) is 10.2 Å². The number of hydrogen-bond acceptors (Lipinski definition) is 3. The average molecular weight is 294 g/mol. The first kappa shape index (κ1) is 16.5. The van der Waals surface area contributed by atoms with Crippen molar-refractivity contribution >= 4 is 11.8 Å². The lowest BCUT2D eigenvalue weighted by atomic mass is 9.98. The molecule has 2 fully saturated rings. The Kier molecular flexibility index (Phi) is 5.42. The summed E-state index contributed by atoms with van der Waals surface area (Å²) >= 11 is 0. The van der Waals surface area contributed by atoms with Gasteiger partial charge in [0, 0.05) is 12.6 Å². The molecule has 2 rings (SSSR count). The Bertz CT molecular complexity index is 372. The smallest absolute Gasteiger partial charge is 0.233 e. The first-order valence-corrected chi connectivity index (χ1v) is 8.58. The van der Waals surface area contributed by atoms with Crippen LogP contribution in [0.1, 0.15) is 53.4 Å². The average Bonchev–Trinajstić information content (AvgIpc) is 2.95. The van der Waals surface area contributed by atoms with E-state index in [0.717, 1.165) is 32.2 Å². The van der Waals surface area contributed by atoms with Crippen molar-refractivity contribution in [2.24, 2.45) is 23.7 Å². The topological polar surface area (TPSA) is 49.4 Å². The molecule has 0 aromatic heterocycles. The lowest BCUT2D eigenvalue weighted by Crippen LogP contribution is -2.47. The largest absolute Gasteiger partial charge is 0.312 e. The van der Waals surface area contributed by atoms with E-state index in [-0.39, 0.29) is 29.7 Å². The molecule has 4 heteroatoms. The third-order valence-electron chi connectivity index (χ3n) is 5.33. The molecule has 2 aliphatic rings. The summed E-state index contributed by atoms with van der Waals surface area (Å²) in [5.41, 5.74) is 0. The Morgan fingerprint density at radius 3 is 2.24 bits per heavy atom. The molecule has 0 radical (unpaired) electrons. The van der Waals surface area contributed by atoms with E-state index in [0.29, 0.717) is 18.4 Å². The summed E-state index contributed by atoms with van der Waals surface area (Å²) in [5, 5.41) is 3.52. The Morgan fingerprint density at radius 2 is 1.76 bits per heavy atom. The second kappa shape index (κ2) is 6.91. The van der Waals surface area contributed by atoms with Crippen LogP contribution < -0.4 is 5.32 Å². The van der Waals surface area contributed by atoms with E-state index in [4.69, 9.17) is 0 Å². The number of fused-ring (bicyclic) bond motifs is 1. The number of carbonyl (C=O) groups excluding carboxylic acids is 2. The first-order chi connectivity index (χ1) is 9.99. The first-order valence-electron chi connectivity index (χ1n) is 8.58. The van der Waals surface area contributed by atoms with Gasteiger partial charge in [0.15, 0.2) is 0 Å². The number of imide groups is 1. The van der Waals surface area contributed by atoms with E-state index < -0.39 is 0 Å². The van der Waals surface area contributed by atoms with Crippen molar-refractivity contribution in [3.05, 3.63) is 0 Å². The number of carbonyl (C=O) groups is 2. The molecule has 1 aliphatic heterocycles. The number of amides is 2. The zero-order valence-electron chi connectivity index (χ0n) is 13.9. The van der Waals surface area contributed by atoms with E-state index in [9.17, 15) is 9.59 Å². The summed E-state index contributed by atoms with van der Waals surface area (Å²) in [5.74, 6) is 1.09. The summed E-state index contributed by atoms with van der Waals surface area (Å²) in [4.78, 5) is 26.6. The molecule has 4 unspecified atom stereocenters. The number of hydrogen-bond donors (Lipinski definition) is 1. The number of nitrogens with zero attached hydrogens (tertiary/aromatic N) is 1. The van der Waals surface area contributed by atoms with E-state index in [1.807, 2.05) is 0 Å². The lowest BCUT2D eigenvalue weighted by molar-refractivity contribution is -0.141. The zero-order valence-corrected chi connectivity index (χ0v) is 13.9. The maximum Gasteiger partial charge on any atom is 0.233 e. The molecule has 4 nitrogen and oxygen atoms in total. The maximum absolute atomic E-state index is 12.5. The maximum atomic E-state index is 12.5. The fraction of sp³-hybridized carbons (Fsp3) is 0.882. The Morgan fingerprint density at radius 1 is 1.19 bits per heavy atom. The Labute approximate surface area is 128 Å². The molecule has 0 aromatic carbocycles. The molecule has 0 spiro atoms. The van der Waals surface area contributed by atoms with Crippen LogP contribution in [0.4, 0.5) is 0 Å². The molecule has 1 heterocycles. The van der Waals surface area contributed by atoms with Crippen LogP contribution in [0, 0.1) is 23.7 Å². The van der Waals surface area contributed by atoms with Gasteiger partial charge in [-0.25, -0.2) is 0 Å². The molecule has 4 atom stereocenters. The molecule has 1 aliphatic carbocycles. The van der Waals surface area contributed by atoms with Crippen LogP contribution in [-0.2, 0) is 9.59 Å². The number of likely N-dealkylation sites (tertiary alicyclic amines) is 1. The fourth-order valence-corrected chi connectivity index (χ4v) is 3.78. The predicted octanol–water partition coefficient (Wildman–Crippen LogP) is 2.43. The van der Waals surface area contributed by atoms with E-state index in [1.165, 1.54) is 0 Å². The summed E-state index contributed by atoms with van der Waals surface area (Å²) in [7, 11) is 0. The van der Waals surface area contributed by atoms with Gasteiger partial charge in [0.05, 0.1) is 11.8 Å². The van der Waals surface area contributed by atoms with Gasteiger partial charge in [-0.15, -0.1) is 0 Å². The SMILES string of the molecule is CCCNC(CN1C(=O)C2CC(C)CC2C1=O)C(C)CC. The van der Waals surface area contributed by atoms with Crippen molar-refractivity contribution in [1.29, 1.82) is 0 Å². The second-order valence-corrected chi connectivity index (χ2v) is 7.02. The van der Waals surface area contributed by atoms with Gasteiger partial charge in [0.2, 0.25) is 11.8 Å². The molecule has 0 bridgehead atoms. The minimum absolute atomic E-state index is 0.0312. The van der Waals surface area contributed by atoms with Crippen molar-refractivity contribution in [2.75, 3.05) is 13.1 Å². The molecule has 1 saturated heterocycles. The molecule has 21 heavy (non-hydrogen) atoms. The third-order valence-corrected chi connectivity index (χ3v) is 5.33. The van der Waals surface area contributed by atoms with Gasteiger partial charge < -0.3 is 5.32 Å². The van der Waals surface area contributed by atoms with Crippen LogP contribution >= 0.6 is 0 Å². The zero-order chi connectivity index (χ0) is 15.6. The summed E-state index contributed by atoms with van der Waals surface area (Å²) in [6.45, 7) is 10.1. The van der Waals surface area contributed by atoms with Crippen molar-refractivity contribution < 1.29 is 9.59 Å². The van der Waals surface area contributed by atoms with Gasteiger partial charge in [0.1, 0.15) is 0 Å². The van der Waals surface area contributed by atoms with Crippen molar-refractivity contribution in [3.63, 3.8) is 0 Å². The third kappa shape index (κ3) is 3.31. The standard InChI is InChI=1S/C17H30N2O2/c1-5-7-18-15(12(4)6-2)10-19-16(20)13-8-11(3)9-14(13)17(19)21/h11-15,18H,5-10H2,1-4H3. The minimum Gasteiger partial charge on any atom is -0.312 e. The van der Waals surface area contributed by atoms with Crippen LogP contribution in [0.5, 0.6) is 0 Å². The highest BCUT2D eigenvalue weighted by Gasteiger charge is 2.51. The molecule has 2 amide bonds. The highest BCUT2D eigenvalue weighted by molar-refractivity contribution is 6.05. The van der Waals surface area contributed by atoms with E-state index >= 15 is 0 Å². The molecular weight excluding hydrogens is 264 g/mol. The fourth-order valence-electron chi connectivity index (χ4n) is 3.78. The van der Waals surface area contributed by atoms with Gasteiger partial charge >= 0.3 is 0 Å². The summed E-state index contributed by atoms with van der Waals surface area (Å²) in [6, 6.07) is 0.221. The molecular formula is C17H30N2O2. The molecule has 0 aromatic rings. The van der Waals surface area contributed by atoms with Crippen LogP contribution in [0.3, 0.4) is 0 Å². The van der Waals surface area contributed by atoms with E-state index in [2.05, 4.69) is 33.0 Å². The lowest BCUT2D eigenvalue weighted by Gasteiger charge is -2.28. The van der Waals surface area contributed by atoms with Crippen molar-refractivity contribution in [3.8, 4) is 0 Å². The van der Waals surface area contributed by atoms with E-state index in [1.54, 1.807) is 4.90 Å². The van der Waals surface area contributed by atoms with Crippen LogP contribution in [0.25, 0.3) is 0 Å². The van der Waals surface area contributed by atoms with Gasteiger partial charge in [-0.05, 0) is 37.6 Å². The Balaban J connectivity index is 2.03. The normalized spacial score (nSPS) is 31.6. The predicted molar refractivity (Wildman–Crippen MR) is 83.6 cm³/mol. The minimum atomic E-state index is -0.0312. The van der Waals surface area contributed by atoms with Gasteiger partial charge in [-0.3, -0.25) is 14.5 Å². The molecule has 1 N–H and O–H groups in total. The summed E-state index contributed by atoms with van der Waals surface area (Å²) < 4.78 is 0. The highest BCUT2D eigenvalue weighted by Crippen LogP contribution is 2.42. The summed E-state index contributed by atoms with van der Waals surface area (Å²) in [6.07, 6.45) is 3.91. The molecule has 1 saturated carbocycles. The molecule has 120 valence electrons. The quantitative estimate of drug-likeness (QED) is 0.734. The van der Waals surface area contributed by atoms with Gasteiger partial charge in [-0.1, -0.05) is 34.1 Å². The Hall–Kier alpha value is -0.900. The van der Waals surface area contributed by atoms with Crippen LogP contribution in [-0.4, -0.2) is 35.8 Å². The number of nitrogens with one attached hydrogen (secondary N) is 1. The monoisotopic (exact) mass is 294 g/mol. The van der Waals surface area contributed by atoms with Gasteiger partial charge in [-0.2, -0.15) is 0 Å². The van der Waals surface area contributed by atoms with Crippen LogP contribution in [0.2, 0.25) is 0 Å². The van der Waals surface area contributed by atoms with Gasteiger partial charge in [0.25, 0.3) is 0 Å². The van der Waals surface area contributed by atoms with Crippen molar-refractivity contribution in [2.45, 2.75) is 59.4 Å². The van der Waals surface area contributed by atoms with Crippen LogP contribution in [0.15, 0.2) is 0 Å².